The van der Waals surface area contributed by atoms with E-state index in [9.17, 15) is 0 Å². The molecule has 14 heavy (non-hydrogen) atoms. The summed E-state index contributed by atoms with van der Waals surface area (Å²) in [6.07, 6.45) is 0. The molecule has 0 rings (SSSR count). The lowest BCUT2D eigenvalue weighted by Crippen LogP contribution is -2.45. The van der Waals surface area contributed by atoms with Gasteiger partial charge in [0.05, 0.1) is 6.61 Å². The maximum atomic E-state index is 9.10. The largest absolute Gasteiger partial charge is 0.395 e. The number of aliphatic hydroxyl groups excluding tert-OH is 1. The fourth-order valence-electron chi connectivity index (χ4n) is 1.49. The van der Waals surface area contributed by atoms with Gasteiger partial charge in [0.1, 0.15) is 0 Å². The van der Waals surface area contributed by atoms with Gasteiger partial charge in [0.15, 0.2) is 0 Å². The second-order valence-electron chi connectivity index (χ2n) is 4.61. The van der Waals surface area contributed by atoms with Gasteiger partial charge in [0.25, 0.3) is 0 Å². The van der Waals surface area contributed by atoms with E-state index in [1.807, 2.05) is 7.05 Å². The molecule has 0 radical (unpaired) electrons. The molecule has 0 spiro atoms. The van der Waals surface area contributed by atoms with E-state index >= 15 is 0 Å². The number of hydrogen-bond acceptors (Lipinski definition) is 3. The lowest BCUT2D eigenvalue weighted by molar-refractivity contribution is 0.148. The molecule has 1 unspecified atom stereocenters. The Bertz CT molecular complexity index is 133. The minimum atomic E-state index is 0.191. The Balaban J connectivity index is 4.07. The molecule has 0 fully saturated rings. The first-order chi connectivity index (χ1) is 6.51. The first-order valence-corrected chi connectivity index (χ1v) is 5.53. The van der Waals surface area contributed by atoms with E-state index in [0.29, 0.717) is 12.0 Å². The van der Waals surface area contributed by atoms with Crippen LogP contribution in [0.5, 0.6) is 0 Å². The molecule has 0 aliphatic rings. The summed E-state index contributed by atoms with van der Waals surface area (Å²) in [5.41, 5.74) is 0. The average molecular weight is 202 g/mol. The van der Waals surface area contributed by atoms with Gasteiger partial charge in [0.2, 0.25) is 0 Å². The number of nitrogens with zero attached hydrogens (tertiary/aromatic N) is 1. The van der Waals surface area contributed by atoms with Gasteiger partial charge in [-0.15, -0.1) is 0 Å². The maximum Gasteiger partial charge on any atom is 0.0597 e. The van der Waals surface area contributed by atoms with Gasteiger partial charge in [-0.1, -0.05) is 13.8 Å². The minimum Gasteiger partial charge on any atom is -0.395 e. The minimum absolute atomic E-state index is 0.191. The standard InChI is InChI=1S/C11H26N2O/c1-9(2)6-13(10(3)4)7-11(8-14)12-5/h9-12,14H,6-8H2,1-5H3. The highest BCUT2D eigenvalue weighted by molar-refractivity contribution is 4.73. The van der Waals surface area contributed by atoms with E-state index < -0.39 is 0 Å². The molecule has 86 valence electrons. The highest BCUT2D eigenvalue weighted by Gasteiger charge is 2.15. The van der Waals surface area contributed by atoms with Gasteiger partial charge in [-0.3, -0.25) is 4.90 Å². The maximum absolute atomic E-state index is 9.10. The molecule has 0 saturated carbocycles. The quantitative estimate of drug-likeness (QED) is 0.645. The predicted octanol–water partition coefficient (Wildman–Crippen LogP) is 0.933. The van der Waals surface area contributed by atoms with E-state index in [-0.39, 0.29) is 12.6 Å². The normalized spacial score (nSPS) is 14.4. The van der Waals surface area contributed by atoms with E-state index in [0.717, 1.165) is 13.1 Å². The molecule has 0 aromatic carbocycles. The summed E-state index contributed by atoms with van der Waals surface area (Å²) in [6.45, 7) is 11.1. The van der Waals surface area contributed by atoms with Crippen molar-refractivity contribution in [2.24, 2.45) is 5.92 Å². The molecule has 2 N–H and O–H groups in total. The Morgan fingerprint density at radius 3 is 2.00 bits per heavy atom. The van der Waals surface area contributed by atoms with E-state index in [1.54, 1.807) is 0 Å². The van der Waals surface area contributed by atoms with Gasteiger partial charge < -0.3 is 10.4 Å². The molecule has 0 bridgehead atoms. The fraction of sp³-hybridized carbons (Fsp3) is 1.00. The first kappa shape index (κ1) is 13.9. The van der Waals surface area contributed by atoms with Crippen molar-refractivity contribution in [2.45, 2.75) is 39.8 Å². The van der Waals surface area contributed by atoms with Crippen molar-refractivity contribution in [2.75, 3.05) is 26.7 Å². The summed E-state index contributed by atoms with van der Waals surface area (Å²) in [6, 6.07) is 0.732. The number of aliphatic hydroxyl groups is 1. The molecule has 3 nitrogen and oxygen atoms in total. The van der Waals surface area contributed by atoms with Gasteiger partial charge in [0, 0.05) is 25.2 Å². The van der Waals surface area contributed by atoms with Crippen LogP contribution in [0.15, 0.2) is 0 Å². The third-order valence-corrected chi connectivity index (χ3v) is 2.41. The van der Waals surface area contributed by atoms with E-state index in [1.165, 1.54) is 0 Å². The summed E-state index contributed by atoms with van der Waals surface area (Å²) in [5, 5.41) is 12.2. The zero-order valence-corrected chi connectivity index (χ0v) is 10.2. The Morgan fingerprint density at radius 1 is 1.14 bits per heavy atom. The molecular weight excluding hydrogens is 176 g/mol. The SMILES string of the molecule is CNC(CO)CN(CC(C)C)C(C)C. The average Bonchev–Trinajstić information content (AvgIpc) is 2.11. The van der Waals surface area contributed by atoms with Crippen molar-refractivity contribution >= 4 is 0 Å². The highest BCUT2D eigenvalue weighted by Crippen LogP contribution is 2.04. The summed E-state index contributed by atoms with van der Waals surface area (Å²) >= 11 is 0. The Hall–Kier alpha value is -0.120. The molecule has 0 amide bonds. The monoisotopic (exact) mass is 202 g/mol. The van der Waals surface area contributed by atoms with Crippen LogP contribution in [0, 0.1) is 5.92 Å². The van der Waals surface area contributed by atoms with Crippen LogP contribution in [-0.2, 0) is 0 Å². The molecule has 0 aromatic heterocycles. The van der Waals surface area contributed by atoms with Gasteiger partial charge >= 0.3 is 0 Å². The van der Waals surface area contributed by atoms with Crippen molar-refractivity contribution in [3.8, 4) is 0 Å². The second-order valence-corrected chi connectivity index (χ2v) is 4.61. The third kappa shape index (κ3) is 5.58. The third-order valence-electron chi connectivity index (χ3n) is 2.41. The highest BCUT2D eigenvalue weighted by atomic mass is 16.3. The number of likely N-dealkylation sites (N-methyl/N-ethyl adjacent to an activating group) is 1. The molecule has 0 saturated heterocycles. The van der Waals surface area contributed by atoms with Crippen LogP contribution in [0.4, 0.5) is 0 Å². The van der Waals surface area contributed by atoms with Crippen molar-refractivity contribution in [3.63, 3.8) is 0 Å². The lowest BCUT2D eigenvalue weighted by atomic mass is 10.1. The number of rotatable bonds is 7. The summed E-state index contributed by atoms with van der Waals surface area (Å²) in [5.74, 6) is 0.675. The zero-order chi connectivity index (χ0) is 11.1. The Labute approximate surface area is 88.5 Å². The van der Waals surface area contributed by atoms with Gasteiger partial charge in [-0.2, -0.15) is 0 Å². The topological polar surface area (TPSA) is 35.5 Å². The smallest absolute Gasteiger partial charge is 0.0597 e. The van der Waals surface area contributed by atoms with Crippen LogP contribution in [0.1, 0.15) is 27.7 Å². The fourth-order valence-corrected chi connectivity index (χ4v) is 1.49. The summed E-state index contributed by atoms with van der Waals surface area (Å²) < 4.78 is 0. The van der Waals surface area contributed by atoms with Crippen molar-refractivity contribution in [3.05, 3.63) is 0 Å². The summed E-state index contributed by atoms with van der Waals surface area (Å²) in [7, 11) is 1.90. The van der Waals surface area contributed by atoms with Gasteiger partial charge in [-0.25, -0.2) is 0 Å². The first-order valence-electron chi connectivity index (χ1n) is 5.53. The van der Waals surface area contributed by atoms with Crippen LogP contribution in [-0.4, -0.2) is 48.8 Å². The molecule has 3 heteroatoms. The lowest BCUT2D eigenvalue weighted by Gasteiger charge is -2.31. The van der Waals surface area contributed by atoms with E-state index in [2.05, 4.69) is 37.9 Å². The zero-order valence-electron chi connectivity index (χ0n) is 10.2. The molecule has 0 aromatic rings. The van der Waals surface area contributed by atoms with Crippen LogP contribution in [0.25, 0.3) is 0 Å². The molecule has 0 aliphatic carbocycles. The van der Waals surface area contributed by atoms with Crippen LogP contribution >= 0.6 is 0 Å². The predicted molar refractivity (Wildman–Crippen MR) is 61.5 cm³/mol. The number of hydrogen-bond donors (Lipinski definition) is 2. The van der Waals surface area contributed by atoms with Crippen molar-refractivity contribution in [1.29, 1.82) is 0 Å². The van der Waals surface area contributed by atoms with E-state index in [4.69, 9.17) is 5.11 Å². The molecule has 0 aliphatic heterocycles. The van der Waals surface area contributed by atoms with Crippen LogP contribution in [0.2, 0.25) is 0 Å². The Kier molecular flexibility index (Phi) is 7.15. The van der Waals surface area contributed by atoms with Crippen molar-refractivity contribution < 1.29 is 5.11 Å². The molecular formula is C11H26N2O. The second kappa shape index (κ2) is 7.21. The Morgan fingerprint density at radius 2 is 1.71 bits per heavy atom. The summed E-state index contributed by atoms with van der Waals surface area (Å²) in [4.78, 5) is 2.40. The van der Waals surface area contributed by atoms with Crippen LogP contribution < -0.4 is 5.32 Å². The number of nitrogens with one attached hydrogen (secondary N) is 1. The van der Waals surface area contributed by atoms with Gasteiger partial charge in [-0.05, 0) is 26.8 Å². The van der Waals surface area contributed by atoms with Crippen LogP contribution in [0.3, 0.4) is 0 Å². The van der Waals surface area contributed by atoms with Crippen molar-refractivity contribution in [1.82, 2.24) is 10.2 Å². The molecule has 1 atom stereocenters. The molecule has 0 heterocycles.